The van der Waals surface area contributed by atoms with E-state index in [9.17, 15) is 9.59 Å². The van der Waals surface area contributed by atoms with Gasteiger partial charge < -0.3 is 9.47 Å². The third-order valence-electron chi connectivity index (χ3n) is 2.59. The van der Waals surface area contributed by atoms with Gasteiger partial charge in [0.2, 0.25) is 0 Å². The first-order valence-corrected chi connectivity index (χ1v) is 6.01. The van der Waals surface area contributed by atoms with Gasteiger partial charge in [0.15, 0.2) is 0 Å². The molecule has 5 heteroatoms. The molecule has 0 radical (unpaired) electrons. The van der Waals surface area contributed by atoms with E-state index in [2.05, 4.69) is 0 Å². The molecule has 5 nitrogen and oxygen atoms in total. The van der Waals surface area contributed by atoms with Gasteiger partial charge in [-0.15, -0.1) is 0 Å². The van der Waals surface area contributed by atoms with E-state index in [0.717, 1.165) is 19.4 Å². The fraction of sp³-hybridized carbons (Fsp3) is 0.667. The van der Waals surface area contributed by atoms with E-state index in [1.54, 1.807) is 10.8 Å². The third kappa shape index (κ3) is 3.85. The third-order valence-corrected chi connectivity index (χ3v) is 2.59. The molecule has 0 saturated carbocycles. The minimum Gasteiger partial charge on any atom is -0.309 e. The van der Waals surface area contributed by atoms with Gasteiger partial charge in [-0.3, -0.25) is 9.36 Å². The first-order chi connectivity index (χ1) is 8.06. The fourth-order valence-corrected chi connectivity index (χ4v) is 1.72. The lowest BCUT2D eigenvalue weighted by Gasteiger charge is -2.11. The van der Waals surface area contributed by atoms with Crippen LogP contribution < -0.4 is 11.2 Å². The molecular formula is C12H21N3O2. The summed E-state index contributed by atoms with van der Waals surface area (Å²) in [6.45, 7) is 4.02. The van der Waals surface area contributed by atoms with Crippen molar-refractivity contribution < 1.29 is 0 Å². The molecular weight excluding hydrogens is 218 g/mol. The fourth-order valence-electron chi connectivity index (χ4n) is 1.72. The zero-order chi connectivity index (χ0) is 12.8. The van der Waals surface area contributed by atoms with Gasteiger partial charge in [0.25, 0.3) is 5.56 Å². The summed E-state index contributed by atoms with van der Waals surface area (Å²) in [5, 5.41) is 0. The second-order valence-electron chi connectivity index (χ2n) is 4.44. The van der Waals surface area contributed by atoms with E-state index in [-0.39, 0.29) is 11.2 Å². The summed E-state index contributed by atoms with van der Waals surface area (Å²) in [5.74, 6) is 0. The van der Waals surface area contributed by atoms with Gasteiger partial charge in [0.1, 0.15) is 0 Å². The summed E-state index contributed by atoms with van der Waals surface area (Å²) >= 11 is 0. The Kier molecular flexibility index (Phi) is 5.15. The Morgan fingerprint density at radius 2 is 1.94 bits per heavy atom. The molecule has 0 amide bonds. The minimum atomic E-state index is -0.207. The molecule has 0 N–H and O–H groups in total. The van der Waals surface area contributed by atoms with Crippen LogP contribution in [0.25, 0.3) is 0 Å². The maximum Gasteiger partial charge on any atom is 0.330 e. The van der Waals surface area contributed by atoms with E-state index >= 15 is 0 Å². The quantitative estimate of drug-likeness (QED) is 0.720. The Bertz CT molecular complexity index is 460. The summed E-state index contributed by atoms with van der Waals surface area (Å²) in [4.78, 5) is 25.6. The highest BCUT2D eigenvalue weighted by molar-refractivity contribution is 4.86. The lowest BCUT2D eigenvalue weighted by atomic mass is 10.4. The molecule has 0 atom stereocenters. The van der Waals surface area contributed by atoms with E-state index < -0.39 is 0 Å². The van der Waals surface area contributed by atoms with Crippen LogP contribution in [0.15, 0.2) is 21.9 Å². The van der Waals surface area contributed by atoms with Crippen LogP contribution in [0.4, 0.5) is 0 Å². The SMILES string of the molecule is CCCn1ccc(=O)n(CCCN(C)C)c1=O. The molecule has 0 unspecified atom stereocenters. The van der Waals surface area contributed by atoms with Crippen LogP contribution in [0.2, 0.25) is 0 Å². The van der Waals surface area contributed by atoms with Gasteiger partial charge in [-0.2, -0.15) is 0 Å². The molecule has 1 rings (SSSR count). The maximum atomic E-state index is 12.0. The minimum absolute atomic E-state index is 0.196. The molecule has 0 fully saturated rings. The average Bonchev–Trinajstić information content (AvgIpc) is 2.27. The van der Waals surface area contributed by atoms with E-state index in [0.29, 0.717) is 13.1 Å². The largest absolute Gasteiger partial charge is 0.330 e. The lowest BCUT2D eigenvalue weighted by Crippen LogP contribution is -2.39. The van der Waals surface area contributed by atoms with Gasteiger partial charge in [0.05, 0.1) is 0 Å². The highest BCUT2D eigenvalue weighted by Crippen LogP contribution is 1.88. The Morgan fingerprint density at radius 3 is 2.53 bits per heavy atom. The predicted molar refractivity (Wildman–Crippen MR) is 68.4 cm³/mol. The highest BCUT2D eigenvalue weighted by Gasteiger charge is 2.04. The topological polar surface area (TPSA) is 47.2 Å². The lowest BCUT2D eigenvalue weighted by molar-refractivity contribution is 0.379. The molecule has 0 bridgehead atoms. The van der Waals surface area contributed by atoms with Crippen molar-refractivity contribution in [1.29, 1.82) is 0 Å². The molecule has 0 spiro atoms. The second kappa shape index (κ2) is 6.39. The van der Waals surface area contributed by atoms with Crippen molar-refractivity contribution in [3.63, 3.8) is 0 Å². The number of aromatic nitrogens is 2. The summed E-state index contributed by atoms with van der Waals surface area (Å²) < 4.78 is 2.91. The smallest absolute Gasteiger partial charge is 0.309 e. The summed E-state index contributed by atoms with van der Waals surface area (Å²) in [6.07, 6.45) is 3.27. The summed E-state index contributed by atoms with van der Waals surface area (Å²) in [7, 11) is 3.95. The molecule has 0 aromatic carbocycles. The van der Waals surface area contributed by atoms with Crippen LogP contribution in [0.5, 0.6) is 0 Å². The zero-order valence-corrected chi connectivity index (χ0v) is 10.8. The van der Waals surface area contributed by atoms with Crippen LogP contribution in [0, 0.1) is 0 Å². The molecule has 0 saturated heterocycles. The molecule has 0 aliphatic carbocycles. The molecule has 17 heavy (non-hydrogen) atoms. The first-order valence-electron chi connectivity index (χ1n) is 6.01. The number of hydrogen-bond acceptors (Lipinski definition) is 3. The van der Waals surface area contributed by atoms with Gasteiger partial charge in [-0.05, 0) is 33.5 Å². The van der Waals surface area contributed by atoms with Gasteiger partial charge >= 0.3 is 5.69 Å². The first kappa shape index (κ1) is 13.7. The molecule has 1 aromatic heterocycles. The highest BCUT2D eigenvalue weighted by atomic mass is 16.2. The van der Waals surface area contributed by atoms with Crippen molar-refractivity contribution in [3.8, 4) is 0 Å². The second-order valence-corrected chi connectivity index (χ2v) is 4.44. The average molecular weight is 239 g/mol. The van der Waals surface area contributed by atoms with Crippen LogP contribution in [0.3, 0.4) is 0 Å². The Morgan fingerprint density at radius 1 is 1.24 bits per heavy atom. The molecule has 0 aliphatic heterocycles. The normalized spacial score (nSPS) is 11.1. The Hall–Kier alpha value is -1.36. The zero-order valence-electron chi connectivity index (χ0n) is 10.8. The van der Waals surface area contributed by atoms with E-state index in [4.69, 9.17) is 0 Å². The number of nitrogens with zero attached hydrogens (tertiary/aromatic N) is 3. The van der Waals surface area contributed by atoms with Gasteiger partial charge in [-0.25, -0.2) is 4.79 Å². The van der Waals surface area contributed by atoms with Crippen molar-refractivity contribution in [2.45, 2.75) is 32.9 Å². The number of rotatable bonds is 6. The molecule has 1 heterocycles. The summed E-state index contributed by atoms with van der Waals surface area (Å²) in [5.41, 5.74) is -0.404. The van der Waals surface area contributed by atoms with Crippen molar-refractivity contribution in [2.24, 2.45) is 0 Å². The molecule has 96 valence electrons. The Labute approximate surface area is 101 Å². The maximum absolute atomic E-state index is 12.0. The van der Waals surface area contributed by atoms with Crippen LogP contribution in [0.1, 0.15) is 19.8 Å². The Balaban J connectivity index is 2.86. The van der Waals surface area contributed by atoms with Crippen molar-refractivity contribution in [2.75, 3.05) is 20.6 Å². The number of hydrogen-bond donors (Lipinski definition) is 0. The van der Waals surface area contributed by atoms with E-state index in [1.165, 1.54) is 10.6 Å². The molecule has 0 aliphatic rings. The van der Waals surface area contributed by atoms with Crippen LogP contribution >= 0.6 is 0 Å². The van der Waals surface area contributed by atoms with Gasteiger partial charge in [-0.1, -0.05) is 6.92 Å². The van der Waals surface area contributed by atoms with Gasteiger partial charge in [0, 0.05) is 25.4 Å². The van der Waals surface area contributed by atoms with Crippen LogP contribution in [-0.4, -0.2) is 34.7 Å². The van der Waals surface area contributed by atoms with Crippen LogP contribution in [-0.2, 0) is 13.1 Å². The molecule has 1 aromatic rings. The van der Waals surface area contributed by atoms with Crippen molar-refractivity contribution in [3.05, 3.63) is 33.1 Å². The van der Waals surface area contributed by atoms with Crippen molar-refractivity contribution in [1.82, 2.24) is 14.0 Å². The monoisotopic (exact) mass is 239 g/mol. The summed E-state index contributed by atoms with van der Waals surface area (Å²) in [6, 6.07) is 1.46. The van der Waals surface area contributed by atoms with Crippen molar-refractivity contribution >= 4 is 0 Å². The standard InChI is InChI=1S/C12H21N3O2/c1-4-7-14-10-6-11(16)15(12(14)17)9-5-8-13(2)3/h6,10H,4-5,7-9H2,1-3H3. The predicted octanol–water partition coefficient (Wildman–Crippen LogP) is 0.372. The van der Waals surface area contributed by atoms with E-state index in [1.807, 2.05) is 25.9 Å². The number of aryl methyl sites for hydroxylation is 1.